The summed E-state index contributed by atoms with van der Waals surface area (Å²) in [5.74, 6) is -0.335. The van der Waals surface area contributed by atoms with E-state index >= 15 is 0 Å². The van der Waals surface area contributed by atoms with Gasteiger partial charge in [0.1, 0.15) is 5.82 Å². The van der Waals surface area contributed by atoms with Gasteiger partial charge in [0.05, 0.1) is 12.1 Å². The van der Waals surface area contributed by atoms with Gasteiger partial charge in [-0.2, -0.15) is 5.10 Å². The Morgan fingerprint density at radius 1 is 1.69 bits per heavy atom. The van der Waals surface area contributed by atoms with Crippen molar-refractivity contribution in [1.29, 1.82) is 0 Å². The van der Waals surface area contributed by atoms with Crippen LogP contribution >= 0.6 is 0 Å². The lowest BCUT2D eigenvalue weighted by Gasteiger charge is -2.27. The topological polar surface area (TPSA) is 67.2 Å². The van der Waals surface area contributed by atoms with Crippen molar-refractivity contribution in [2.75, 3.05) is 5.32 Å². The summed E-state index contributed by atoms with van der Waals surface area (Å²) in [6.45, 7) is 6.06. The molecule has 1 aromatic rings. The largest absolute Gasteiger partial charge is 0.481 e. The number of carboxylic acids is 1. The molecule has 0 unspecified atom stereocenters. The lowest BCUT2D eigenvalue weighted by atomic mass is 9.91. The highest BCUT2D eigenvalue weighted by Crippen LogP contribution is 2.35. The zero-order chi connectivity index (χ0) is 11.9. The fourth-order valence-corrected chi connectivity index (χ4v) is 2.18. The molecule has 0 amide bonds. The molecule has 1 aliphatic rings. The van der Waals surface area contributed by atoms with Gasteiger partial charge in [-0.3, -0.25) is 4.79 Å². The van der Waals surface area contributed by atoms with Gasteiger partial charge in [-0.1, -0.05) is 0 Å². The number of nitrogens with zero attached hydrogens (tertiary/aromatic N) is 2. The van der Waals surface area contributed by atoms with Crippen molar-refractivity contribution >= 4 is 11.8 Å². The van der Waals surface area contributed by atoms with Crippen LogP contribution < -0.4 is 5.32 Å². The first-order chi connectivity index (χ1) is 7.50. The Labute approximate surface area is 94.5 Å². The van der Waals surface area contributed by atoms with Crippen molar-refractivity contribution < 1.29 is 9.90 Å². The van der Waals surface area contributed by atoms with Crippen molar-refractivity contribution in [3.63, 3.8) is 0 Å². The van der Waals surface area contributed by atoms with Crippen LogP contribution in [0.15, 0.2) is 6.20 Å². The number of hydrogen-bond donors (Lipinski definition) is 2. The lowest BCUT2D eigenvalue weighted by molar-refractivity contribution is -0.139. The second kappa shape index (κ2) is 3.81. The van der Waals surface area contributed by atoms with Gasteiger partial charge in [0.2, 0.25) is 0 Å². The second-order valence-electron chi connectivity index (χ2n) is 4.66. The van der Waals surface area contributed by atoms with Gasteiger partial charge in [-0.15, -0.1) is 0 Å². The molecule has 0 spiro atoms. The van der Waals surface area contributed by atoms with E-state index in [9.17, 15) is 9.90 Å². The van der Waals surface area contributed by atoms with E-state index in [2.05, 4.69) is 10.4 Å². The first kappa shape index (κ1) is 11.0. The van der Waals surface area contributed by atoms with Crippen molar-refractivity contribution in [3.8, 4) is 0 Å². The summed E-state index contributed by atoms with van der Waals surface area (Å²) < 4.78 is 1.85. The minimum atomic E-state index is -0.766. The maximum atomic E-state index is 11.2. The number of aliphatic carboxylic acids is 1. The lowest BCUT2D eigenvalue weighted by Crippen LogP contribution is -2.30. The van der Waals surface area contributed by atoms with Gasteiger partial charge in [0, 0.05) is 17.6 Å². The number of rotatable bonds is 2. The smallest absolute Gasteiger partial charge is 0.311 e. The van der Waals surface area contributed by atoms with Crippen LogP contribution in [0.2, 0.25) is 0 Å². The number of anilines is 1. The van der Waals surface area contributed by atoms with Crippen LogP contribution in [-0.2, 0) is 4.79 Å². The molecule has 88 valence electrons. The third-order valence-corrected chi connectivity index (χ3v) is 2.96. The normalized spacial score (nSPS) is 24.0. The predicted octanol–water partition coefficient (Wildman–Crippen LogP) is 1.84. The third kappa shape index (κ3) is 1.66. The zero-order valence-electron chi connectivity index (χ0n) is 9.77. The average Bonchev–Trinajstić information content (AvgIpc) is 2.59. The van der Waals surface area contributed by atoms with Crippen LogP contribution in [0.3, 0.4) is 0 Å². The number of hydrogen-bond acceptors (Lipinski definition) is 3. The van der Waals surface area contributed by atoms with Crippen LogP contribution in [0.4, 0.5) is 5.82 Å². The highest BCUT2D eigenvalue weighted by molar-refractivity contribution is 5.79. The summed E-state index contributed by atoms with van der Waals surface area (Å²) in [6, 6.07) is 0.402. The summed E-state index contributed by atoms with van der Waals surface area (Å²) in [7, 11) is 0. The Hall–Kier alpha value is -1.52. The van der Waals surface area contributed by atoms with E-state index in [1.165, 1.54) is 0 Å². The van der Waals surface area contributed by atoms with E-state index in [-0.39, 0.29) is 12.1 Å². The number of carbonyl (C=O) groups is 1. The molecular formula is C11H17N3O2. The summed E-state index contributed by atoms with van der Waals surface area (Å²) >= 11 is 0. The molecule has 2 N–H and O–H groups in total. The van der Waals surface area contributed by atoms with E-state index in [1.54, 1.807) is 6.20 Å². The Morgan fingerprint density at radius 3 is 2.94 bits per heavy atom. The van der Waals surface area contributed by atoms with Crippen LogP contribution in [0.1, 0.15) is 44.7 Å². The first-order valence-electron chi connectivity index (χ1n) is 5.57. The maximum absolute atomic E-state index is 11.2. The molecule has 2 heterocycles. The Balaban J connectivity index is 2.45. The molecule has 0 radical (unpaired) electrons. The van der Waals surface area contributed by atoms with Gasteiger partial charge in [-0.05, 0) is 27.2 Å². The van der Waals surface area contributed by atoms with E-state index in [1.807, 2.05) is 25.5 Å². The van der Waals surface area contributed by atoms with Crippen molar-refractivity contribution in [2.45, 2.75) is 45.2 Å². The SMILES string of the molecule is CC(C)n1ncc2c1N[C@@H](C)C[C@H]2C(=O)O. The average molecular weight is 223 g/mol. The molecule has 5 heteroatoms. The van der Waals surface area contributed by atoms with Crippen molar-refractivity contribution in [1.82, 2.24) is 9.78 Å². The molecule has 1 aliphatic heterocycles. The molecule has 0 fully saturated rings. The molecule has 0 saturated heterocycles. The predicted molar refractivity (Wildman–Crippen MR) is 60.7 cm³/mol. The van der Waals surface area contributed by atoms with Gasteiger partial charge in [0.25, 0.3) is 0 Å². The molecule has 0 saturated carbocycles. The molecule has 2 rings (SSSR count). The minimum Gasteiger partial charge on any atom is -0.481 e. The Kier molecular flexibility index (Phi) is 2.61. The fraction of sp³-hybridized carbons (Fsp3) is 0.636. The fourth-order valence-electron chi connectivity index (χ4n) is 2.18. The summed E-state index contributed by atoms with van der Waals surface area (Å²) in [4.78, 5) is 11.2. The first-order valence-corrected chi connectivity index (χ1v) is 5.57. The molecule has 0 aromatic carbocycles. The maximum Gasteiger partial charge on any atom is 0.311 e. The van der Waals surface area contributed by atoms with E-state index in [0.29, 0.717) is 6.42 Å². The molecule has 2 atom stereocenters. The Morgan fingerprint density at radius 2 is 2.38 bits per heavy atom. The number of aromatic nitrogens is 2. The van der Waals surface area contributed by atoms with Crippen molar-refractivity contribution in [2.24, 2.45) is 0 Å². The standard InChI is InChI=1S/C11H17N3O2/c1-6(2)14-10-9(5-12-14)8(11(15)16)4-7(3)13-10/h5-8,13H,4H2,1-3H3,(H,15,16)/t7-,8+/m0/s1. The van der Waals surface area contributed by atoms with E-state index < -0.39 is 11.9 Å². The highest BCUT2D eigenvalue weighted by atomic mass is 16.4. The van der Waals surface area contributed by atoms with Crippen LogP contribution in [0.5, 0.6) is 0 Å². The van der Waals surface area contributed by atoms with Crippen LogP contribution in [0.25, 0.3) is 0 Å². The van der Waals surface area contributed by atoms with Gasteiger partial charge >= 0.3 is 5.97 Å². The summed E-state index contributed by atoms with van der Waals surface area (Å²) in [5.41, 5.74) is 0.805. The second-order valence-corrected chi connectivity index (χ2v) is 4.66. The number of fused-ring (bicyclic) bond motifs is 1. The van der Waals surface area contributed by atoms with Gasteiger partial charge in [-0.25, -0.2) is 4.68 Å². The van der Waals surface area contributed by atoms with Crippen LogP contribution in [0, 0.1) is 0 Å². The number of nitrogens with one attached hydrogen (secondary N) is 1. The minimum absolute atomic E-state index is 0.169. The molecule has 16 heavy (non-hydrogen) atoms. The zero-order valence-corrected chi connectivity index (χ0v) is 9.77. The Bertz CT molecular complexity index is 411. The molecule has 5 nitrogen and oxygen atoms in total. The third-order valence-electron chi connectivity index (χ3n) is 2.96. The van der Waals surface area contributed by atoms with Crippen molar-refractivity contribution in [3.05, 3.63) is 11.8 Å². The molecule has 1 aromatic heterocycles. The summed E-state index contributed by atoms with van der Waals surface area (Å²) in [6.07, 6.45) is 2.29. The van der Waals surface area contributed by atoms with E-state index in [0.717, 1.165) is 11.4 Å². The summed E-state index contributed by atoms with van der Waals surface area (Å²) in [5, 5.41) is 16.8. The highest BCUT2D eigenvalue weighted by Gasteiger charge is 2.32. The molecule has 0 bridgehead atoms. The van der Waals surface area contributed by atoms with E-state index in [4.69, 9.17) is 0 Å². The monoisotopic (exact) mass is 223 g/mol. The number of carboxylic acid groups (broad SMARTS) is 1. The van der Waals surface area contributed by atoms with Gasteiger partial charge in [0.15, 0.2) is 0 Å². The molecular weight excluding hydrogens is 206 g/mol. The quantitative estimate of drug-likeness (QED) is 0.802. The van der Waals surface area contributed by atoms with Gasteiger partial charge < -0.3 is 10.4 Å². The van der Waals surface area contributed by atoms with Crippen LogP contribution in [-0.4, -0.2) is 26.9 Å². The molecule has 0 aliphatic carbocycles.